The molecule has 1 atom stereocenters. The topological polar surface area (TPSA) is 40.2 Å². The summed E-state index contributed by atoms with van der Waals surface area (Å²) in [7, 11) is 0. The van der Waals surface area contributed by atoms with Crippen molar-refractivity contribution in [2.24, 2.45) is 0 Å². The van der Waals surface area contributed by atoms with Crippen LogP contribution in [0.2, 0.25) is 0 Å². The van der Waals surface area contributed by atoms with Gasteiger partial charge in [0, 0.05) is 0 Å². The molecule has 7 rings (SSSR count). The molecule has 206 valence electrons. The molecule has 0 radical (unpaired) electrons. The lowest BCUT2D eigenvalue weighted by Gasteiger charge is -2.35. The number of hydrogen-bond acceptors (Lipinski definition) is 4. The average Bonchev–Trinajstić information content (AvgIpc) is 3.76. The van der Waals surface area contributed by atoms with E-state index in [4.69, 9.17) is 18.9 Å². The van der Waals surface area contributed by atoms with E-state index in [1.54, 1.807) is 0 Å². The third-order valence-corrected chi connectivity index (χ3v) is 8.40. The third-order valence-electron chi connectivity index (χ3n) is 8.40. The lowest BCUT2D eigenvalue weighted by molar-refractivity contribution is -0.0799. The van der Waals surface area contributed by atoms with Gasteiger partial charge in [0.25, 0.3) is 0 Å². The van der Waals surface area contributed by atoms with E-state index in [1.807, 2.05) is 12.2 Å². The second-order valence-corrected chi connectivity index (χ2v) is 11.0. The van der Waals surface area contributed by atoms with Gasteiger partial charge in [-0.2, -0.15) is 0 Å². The smallest absolute Gasteiger partial charge is 0.145 e. The summed E-state index contributed by atoms with van der Waals surface area (Å²) in [6.45, 7) is 10.7. The Kier molecular flexibility index (Phi) is 6.74. The van der Waals surface area contributed by atoms with Gasteiger partial charge in [-0.3, -0.25) is 0 Å². The number of benzene rings is 4. The van der Waals surface area contributed by atoms with Crippen molar-refractivity contribution in [1.82, 2.24) is 0 Å². The number of ether oxygens (including phenoxy) is 4. The maximum absolute atomic E-state index is 6.34. The molecule has 4 nitrogen and oxygen atoms in total. The maximum atomic E-state index is 6.34. The molecule has 2 saturated heterocycles. The van der Waals surface area contributed by atoms with E-state index in [1.165, 1.54) is 33.4 Å². The Labute approximate surface area is 241 Å². The zero-order chi connectivity index (χ0) is 27.8. The van der Waals surface area contributed by atoms with Crippen LogP contribution in [-0.2, 0) is 27.7 Å². The fourth-order valence-corrected chi connectivity index (χ4v) is 6.34. The second kappa shape index (κ2) is 10.7. The first-order valence-electron chi connectivity index (χ1n) is 14.4. The molecule has 41 heavy (non-hydrogen) atoms. The molecule has 3 aliphatic rings. The minimum Gasteiger partial charge on any atom is -0.490 e. The number of rotatable bonds is 11. The molecule has 1 unspecified atom stereocenters. The van der Waals surface area contributed by atoms with Crippen LogP contribution in [0.3, 0.4) is 0 Å². The van der Waals surface area contributed by atoms with Gasteiger partial charge in [0.1, 0.15) is 30.3 Å². The van der Waals surface area contributed by atoms with E-state index in [0.29, 0.717) is 32.7 Å². The van der Waals surface area contributed by atoms with Crippen molar-refractivity contribution in [2.45, 2.75) is 30.5 Å². The summed E-state index contributed by atoms with van der Waals surface area (Å²) >= 11 is 0. The highest BCUT2D eigenvalue weighted by Crippen LogP contribution is 2.56. The van der Waals surface area contributed by atoms with E-state index in [9.17, 15) is 0 Å². The van der Waals surface area contributed by atoms with Crippen LogP contribution in [0.25, 0.3) is 11.1 Å². The molecule has 0 N–H and O–H groups in total. The number of hydrogen-bond donors (Lipinski definition) is 0. The van der Waals surface area contributed by atoms with Crippen molar-refractivity contribution in [3.05, 3.63) is 144 Å². The van der Waals surface area contributed by atoms with Gasteiger partial charge in [-0.05, 0) is 69.5 Å². The molecule has 1 aliphatic carbocycles. The fourth-order valence-electron chi connectivity index (χ4n) is 6.34. The van der Waals surface area contributed by atoms with E-state index >= 15 is 0 Å². The van der Waals surface area contributed by atoms with Gasteiger partial charge < -0.3 is 18.9 Å². The van der Waals surface area contributed by atoms with Gasteiger partial charge in [-0.25, -0.2) is 0 Å². The zero-order valence-corrected chi connectivity index (χ0v) is 23.2. The minimum absolute atomic E-state index is 0.0985. The molecular weight excluding hydrogens is 508 g/mol. The summed E-state index contributed by atoms with van der Waals surface area (Å²) in [5.74, 6) is 1.78. The first-order valence-corrected chi connectivity index (χ1v) is 14.4. The summed E-state index contributed by atoms with van der Waals surface area (Å²) in [4.78, 5) is 0. The standard InChI is InChI=1S/C37H34O4/c1-3-9-25-19-27(15-17-35(25)40-24-29-23-39-29)37(33-13-7-5-11-31(33)32-12-6-8-14-34(32)37)28-16-18-36(26(20-28)10-4-2)41-30-21-38-22-30/h3-8,11-20,29-30H,1-2,9-10,21-24H2. The third kappa shape index (κ3) is 4.48. The molecular formula is C37H34O4. The molecule has 2 aliphatic heterocycles. The number of allylic oxidation sites excluding steroid dienone is 2. The number of fused-ring (bicyclic) bond motifs is 3. The van der Waals surface area contributed by atoms with Crippen molar-refractivity contribution in [1.29, 1.82) is 0 Å². The molecule has 4 aromatic rings. The molecule has 4 heteroatoms. The van der Waals surface area contributed by atoms with Gasteiger partial charge >= 0.3 is 0 Å². The largest absolute Gasteiger partial charge is 0.490 e. The van der Waals surface area contributed by atoms with Crippen LogP contribution < -0.4 is 9.47 Å². The summed E-state index contributed by atoms with van der Waals surface area (Å²) in [5.41, 5.74) is 9.20. The Morgan fingerprint density at radius 1 is 0.732 bits per heavy atom. The van der Waals surface area contributed by atoms with Crippen LogP contribution in [0.15, 0.2) is 110 Å². The maximum Gasteiger partial charge on any atom is 0.145 e. The first kappa shape index (κ1) is 25.8. The SMILES string of the molecule is C=CCc1cc(C2(c3ccc(OC4COC4)c(CC=C)c3)c3ccccc3-c3ccccc32)ccc1OCC1CO1. The lowest BCUT2D eigenvalue weighted by atomic mass is 9.67. The fraction of sp³-hybridized carbons (Fsp3) is 0.243. The van der Waals surface area contributed by atoms with Crippen LogP contribution in [0.5, 0.6) is 11.5 Å². The Morgan fingerprint density at radius 2 is 1.29 bits per heavy atom. The van der Waals surface area contributed by atoms with Crippen LogP contribution in [0.4, 0.5) is 0 Å². The summed E-state index contributed by atoms with van der Waals surface area (Å²) < 4.78 is 23.3. The highest BCUT2D eigenvalue weighted by Gasteiger charge is 2.46. The zero-order valence-electron chi connectivity index (χ0n) is 23.2. The summed E-state index contributed by atoms with van der Waals surface area (Å²) in [6, 6.07) is 31.0. The van der Waals surface area contributed by atoms with Gasteiger partial charge in [0.15, 0.2) is 0 Å². The van der Waals surface area contributed by atoms with Crippen LogP contribution >= 0.6 is 0 Å². The van der Waals surface area contributed by atoms with Crippen molar-refractivity contribution >= 4 is 0 Å². The average molecular weight is 543 g/mol. The minimum atomic E-state index is -0.519. The molecule has 0 aromatic heterocycles. The van der Waals surface area contributed by atoms with Gasteiger partial charge in [-0.1, -0.05) is 84.9 Å². The molecule has 2 heterocycles. The monoisotopic (exact) mass is 542 g/mol. The molecule has 0 bridgehead atoms. The highest BCUT2D eigenvalue weighted by molar-refractivity contribution is 5.86. The molecule has 0 saturated carbocycles. The van der Waals surface area contributed by atoms with Crippen LogP contribution in [0, 0.1) is 0 Å². The second-order valence-electron chi connectivity index (χ2n) is 11.0. The highest BCUT2D eigenvalue weighted by atomic mass is 16.6. The van der Waals surface area contributed by atoms with E-state index in [0.717, 1.165) is 29.2 Å². The number of epoxide rings is 1. The van der Waals surface area contributed by atoms with Crippen LogP contribution in [-0.4, -0.2) is 38.6 Å². The predicted octanol–water partition coefficient (Wildman–Crippen LogP) is 7.06. The van der Waals surface area contributed by atoms with Crippen molar-refractivity contribution in [3.8, 4) is 22.6 Å². The lowest BCUT2D eigenvalue weighted by Crippen LogP contribution is -2.38. The first-order chi connectivity index (χ1) is 20.2. The summed E-state index contributed by atoms with van der Waals surface area (Å²) in [6.07, 6.45) is 5.62. The Hall–Kier alpha value is -4.12. The van der Waals surface area contributed by atoms with Crippen LogP contribution in [0.1, 0.15) is 33.4 Å². The van der Waals surface area contributed by atoms with E-state index in [-0.39, 0.29) is 12.2 Å². The molecule has 2 fully saturated rings. The summed E-state index contributed by atoms with van der Waals surface area (Å²) in [5, 5.41) is 0. The Morgan fingerprint density at radius 3 is 1.83 bits per heavy atom. The Balaban J connectivity index is 1.45. The van der Waals surface area contributed by atoms with Gasteiger partial charge in [0.05, 0.1) is 25.2 Å². The van der Waals surface area contributed by atoms with Crippen molar-refractivity contribution < 1.29 is 18.9 Å². The van der Waals surface area contributed by atoms with Gasteiger partial charge in [-0.15, -0.1) is 13.2 Å². The normalized spacial score (nSPS) is 18.1. The van der Waals surface area contributed by atoms with Crippen molar-refractivity contribution in [2.75, 3.05) is 26.4 Å². The van der Waals surface area contributed by atoms with Gasteiger partial charge in [0.2, 0.25) is 0 Å². The van der Waals surface area contributed by atoms with Crippen molar-refractivity contribution in [3.63, 3.8) is 0 Å². The molecule has 0 spiro atoms. The predicted molar refractivity (Wildman–Crippen MR) is 162 cm³/mol. The molecule has 4 aromatic carbocycles. The van der Waals surface area contributed by atoms with E-state index < -0.39 is 5.41 Å². The Bertz CT molecular complexity index is 1570. The molecule has 0 amide bonds. The van der Waals surface area contributed by atoms with E-state index in [2.05, 4.69) is 98.1 Å². The quantitative estimate of drug-likeness (QED) is 0.132.